The van der Waals surface area contributed by atoms with Gasteiger partial charge < -0.3 is 4.52 Å². The van der Waals surface area contributed by atoms with Gasteiger partial charge in [-0.15, -0.1) is 11.6 Å². The van der Waals surface area contributed by atoms with Gasteiger partial charge in [-0.2, -0.15) is 0 Å². The van der Waals surface area contributed by atoms with Crippen molar-refractivity contribution in [1.82, 2.24) is 9.34 Å². The Bertz CT molecular complexity index is 281. The Kier molecular flexibility index (Phi) is 3.97. The smallest absolute Gasteiger partial charge is 0.305 e. The lowest BCUT2D eigenvalue weighted by Crippen LogP contribution is -2.13. The summed E-state index contributed by atoms with van der Waals surface area (Å²) in [5, 5.41) is 0. The summed E-state index contributed by atoms with van der Waals surface area (Å²) in [6.07, 6.45) is 2.08. The second-order valence-electron chi connectivity index (χ2n) is 4.38. The third-order valence-corrected chi connectivity index (χ3v) is 6.25. The Hall–Kier alpha value is 0.400. The molecule has 0 aliphatic carbocycles. The van der Waals surface area contributed by atoms with E-state index in [-0.39, 0.29) is 0 Å². The van der Waals surface area contributed by atoms with Gasteiger partial charge in [0.15, 0.2) is 0 Å². The minimum absolute atomic E-state index is 0.374. The molecule has 2 fully saturated rings. The maximum atomic E-state index is 12.8. The second kappa shape index (κ2) is 4.95. The van der Waals surface area contributed by atoms with Crippen LogP contribution in [0, 0.1) is 0 Å². The Morgan fingerprint density at radius 2 is 1.75 bits per heavy atom. The van der Waals surface area contributed by atoms with Gasteiger partial charge in [0.25, 0.3) is 0 Å². The van der Waals surface area contributed by atoms with E-state index in [0.29, 0.717) is 24.6 Å². The topological polar surface area (TPSA) is 32.3 Å². The van der Waals surface area contributed by atoms with Crippen molar-refractivity contribution in [2.75, 3.05) is 25.6 Å². The first-order chi connectivity index (χ1) is 7.67. The van der Waals surface area contributed by atoms with E-state index >= 15 is 0 Å². The van der Waals surface area contributed by atoms with Gasteiger partial charge in [-0.05, 0) is 12.8 Å². The van der Waals surface area contributed by atoms with Crippen molar-refractivity contribution < 1.29 is 9.09 Å². The minimum atomic E-state index is -2.72. The fraction of sp³-hybridized carbons (Fsp3) is 1.00. The Morgan fingerprint density at radius 1 is 1.25 bits per heavy atom. The third kappa shape index (κ3) is 2.32. The van der Waals surface area contributed by atoms with Crippen LogP contribution in [0.4, 0.5) is 0 Å². The highest BCUT2D eigenvalue weighted by Crippen LogP contribution is 2.65. The van der Waals surface area contributed by atoms with Crippen LogP contribution in [0.3, 0.4) is 0 Å². The molecule has 0 radical (unpaired) electrons. The maximum Gasteiger partial charge on any atom is 0.346 e. The van der Waals surface area contributed by atoms with Crippen molar-refractivity contribution in [3.63, 3.8) is 0 Å². The van der Waals surface area contributed by atoms with Gasteiger partial charge in [0.05, 0.1) is 6.61 Å². The van der Waals surface area contributed by atoms with E-state index in [2.05, 4.69) is 13.8 Å². The molecule has 2 aliphatic rings. The van der Waals surface area contributed by atoms with Crippen LogP contribution >= 0.6 is 19.3 Å². The molecule has 0 spiro atoms. The predicted octanol–water partition coefficient (Wildman–Crippen LogP) is 2.54. The Labute approximate surface area is 102 Å². The minimum Gasteiger partial charge on any atom is -0.305 e. The van der Waals surface area contributed by atoms with Crippen LogP contribution in [0.2, 0.25) is 0 Å². The molecule has 4 nitrogen and oxygen atoms in total. The van der Waals surface area contributed by atoms with E-state index in [9.17, 15) is 4.57 Å². The SMILES string of the molecule is CCC1CN1P(=O)(OCCCl)N1CC1CC. The summed E-state index contributed by atoms with van der Waals surface area (Å²) in [5.74, 6) is 0.402. The Morgan fingerprint density at radius 3 is 2.06 bits per heavy atom. The normalized spacial score (nSPS) is 40.4. The summed E-state index contributed by atoms with van der Waals surface area (Å²) in [5.41, 5.74) is 0. The molecule has 2 saturated heterocycles. The summed E-state index contributed by atoms with van der Waals surface area (Å²) in [4.78, 5) is 0. The molecule has 0 N–H and O–H groups in total. The van der Waals surface area contributed by atoms with E-state index in [1.165, 1.54) is 0 Å². The van der Waals surface area contributed by atoms with Gasteiger partial charge in [-0.1, -0.05) is 13.8 Å². The number of hydrogen-bond acceptors (Lipinski definition) is 2. The van der Waals surface area contributed by atoms with Crippen molar-refractivity contribution in [3.8, 4) is 0 Å². The summed E-state index contributed by atoms with van der Waals surface area (Å²) in [6, 6.07) is 0.888. The molecule has 2 heterocycles. The highest BCUT2D eigenvalue weighted by Gasteiger charge is 2.57. The van der Waals surface area contributed by atoms with Crippen molar-refractivity contribution in [1.29, 1.82) is 0 Å². The third-order valence-electron chi connectivity index (χ3n) is 3.30. The first-order valence-electron chi connectivity index (χ1n) is 6.02. The standard InChI is InChI=1S/C10H20ClN2O2P/c1-3-9-7-12(9)16(14,15-6-5-11)13-8-10(13)4-2/h9-10H,3-8H2,1-2H3. The molecule has 16 heavy (non-hydrogen) atoms. The van der Waals surface area contributed by atoms with E-state index in [4.69, 9.17) is 16.1 Å². The highest BCUT2D eigenvalue weighted by atomic mass is 35.5. The van der Waals surface area contributed by atoms with Crippen molar-refractivity contribution in [2.24, 2.45) is 0 Å². The quantitative estimate of drug-likeness (QED) is 0.403. The molecule has 2 aliphatic heterocycles. The second-order valence-corrected chi connectivity index (χ2v) is 7.03. The summed E-state index contributed by atoms with van der Waals surface area (Å²) >= 11 is 5.62. The van der Waals surface area contributed by atoms with E-state index in [1.54, 1.807) is 0 Å². The number of alkyl halides is 1. The first-order valence-corrected chi connectivity index (χ1v) is 8.08. The summed E-state index contributed by atoms with van der Waals surface area (Å²) in [7, 11) is -2.72. The summed E-state index contributed by atoms with van der Waals surface area (Å²) < 4.78 is 22.4. The summed E-state index contributed by atoms with van der Waals surface area (Å²) in [6.45, 7) is 6.43. The largest absolute Gasteiger partial charge is 0.346 e. The van der Waals surface area contributed by atoms with Gasteiger partial charge in [0.1, 0.15) is 0 Å². The van der Waals surface area contributed by atoms with E-state index in [0.717, 1.165) is 25.9 Å². The lowest BCUT2D eigenvalue weighted by Gasteiger charge is -2.21. The zero-order valence-electron chi connectivity index (χ0n) is 9.93. The fourth-order valence-corrected chi connectivity index (χ4v) is 5.13. The van der Waals surface area contributed by atoms with Crippen molar-refractivity contribution >= 4 is 19.3 Å². The van der Waals surface area contributed by atoms with E-state index < -0.39 is 7.67 Å². The van der Waals surface area contributed by atoms with Crippen LogP contribution in [0.25, 0.3) is 0 Å². The molecule has 2 rings (SSSR count). The molecule has 0 aromatic rings. The molecular weight excluding hydrogens is 247 g/mol. The van der Waals surface area contributed by atoms with Crippen LogP contribution in [-0.4, -0.2) is 47.0 Å². The van der Waals surface area contributed by atoms with Crippen molar-refractivity contribution in [2.45, 2.75) is 38.8 Å². The number of rotatable bonds is 7. The molecule has 0 amide bonds. The number of nitrogens with zero attached hydrogens (tertiary/aromatic N) is 2. The molecule has 0 aromatic carbocycles. The molecule has 0 saturated carbocycles. The Balaban J connectivity index is 2.00. The van der Waals surface area contributed by atoms with Crippen LogP contribution in [0.5, 0.6) is 0 Å². The molecule has 6 heteroatoms. The van der Waals surface area contributed by atoms with Gasteiger partial charge in [0.2, 0.25) is 0 Å². The van der Waals surface area contributed by atoms with Gasteiger partial charge in [-0.25, -0.2) is 9.34 Å². The predicted molar refractivity (Wildman–Crippen MR) is 65.8 cm³/mol. The van der Waals surface area contributed by atoms with Crippen LogP contribution in [0.15, 0.2) is 0 Å². The molecule has 4 unspecified atom stereocenters. The number of hydrogen-bond donors (Lipinski definition) is 0. The zero-order valence-corrected chi connectivity index (χ0v) is 11.6. The van der Waals surface area contributed by atoms with Crippen LogP contribution in [0.1, 0.15) is 26.7 Å². The van der Waals surface area contributed by atoms with Crippen molar-refractivity contribution in [3.05, 3.63) is 0 Å². The molecular formula is C10H20ClN2O2P. The van der Waals surface area contributed by atoms with Crippen LogP contribution in [-0.2, 0) is 9.09 Å². The number of halogens is 1. The monoisotopic (exact) mass is 266 g/mol. The lowest BCUT2D eigenvalue weighted by molar-refractivity contribution is 0.283. The molecule has 4 atom stereocenters. The molecule has 0 bridgehead atoms. The van der Waals surface area contributed by atoms with Gasteiger partial charge in [0, 0.05) is 31.1 Å². The highest BCUT2D eigenvalue weighted by molar-refractivity contribution is 7.54. The first kappa shape index (κ1) is 12.8. The van der Waals surface area contributed by atoms with Gasteiger partial charge in [-0.3, -0.25) is 4.57 Å². The van der Waals surface area contributed by atoms with E-state index in [1.807, 2.05) is 9.34 Å². The van der Waals surface area contributed by atoms with Gasteiger partial charge >= 0.3 is 7.67 Å². The van der Waals surface area contributed by atoms with Crippen LogP contribution < -0.4 is 0 Å². The zero-order chi connectivity index (χ0) is 11.8. The lowest BCUT2D eigenvalue weighted by atomic mass is 10.4. The molecule has 94 valence electrons. The average Bonchev–Trinajstić information content (AvgIpc) is 3.17. The average molecular weight is 267 g/mol. The maximum absolute atomic E-state index is 12.8. The fourth-order valence-electron chi connectivity index (χ4n) is 2.09. The molecule has 0 aromatic heterocycles.